The Labute approximate surface area is 156 Å². The highest BCUT2D eigenvalue weighted by atomic mass is 16.2. The molecule has 0 saturated heterocycles. The van der Waals surface area contributed by atoms with Crippen molar-refractivity contribution < 1.29 is 9.59 Å². The summed E-state index contributed by atoms with van der Waals surface area (Å²) >= 11 is 0. The number of nitrogens with zero attached hydrogens (tertiary/aromatic N) is 1. The van der Waals surface area contributed by atoms with Crippen molar-refractivity contribution in [3.63, 3.8) is 0 Å². The summed E-state index contributed by atoms with van der Waals surface area (Å²) in [7, 11) is 0. The van der Waals surface area contributed by atoms with E-state index in [9.17, 15) is 9.59 Å². The predicted octanol–water partition coefficient (Wildman–Crippen LogP) is 3.83. The topological polar surface area (TPSA) is 49.4 Å². The zero-order chi connectivity index (χ0) is 18.9. The van der Waals surface area contributed by atoms with Crippen LogP contribution in [0.1, 0.15) is 43.4 Å². The molecule has 0 bridgehead atoms. The largest absolute Gasteiger partial charge is 0.350 e. The predicted molar refractivity (Wildman–Crippen MR) is 104 cm³/mol. The Bertz CT molecular complexity index is 711. The van der Waals surface area contributed by atoms with Crippen LogP contribution in [0.4, 0.5) is 0 Å². The Hall–Kier alpha value is -2.62. The molecular weight excluding hydrogens is 324 g/mol. The molecule has 1 N–H and O–H groups in total. The fraction of sp³-hybridized carbons (Fsp3) is 0.364. The molecule has 0 saturated carbocycles. The highest BCUT2D eigenvalue weighted by Crippen LogP contribution is 2.12. The lowest BCUT2D eigenvalue weighted by Crippen LogP contribution is -2.47. The highest BCUT2D eigenvalue weighted by molar-refractivity contribution is 5.87. The van der Waals surface area contributed by atoms with Crippen LogP contribution in [0.5, 0.6) is 0 Å². The Morgan fingerprint density at radius 2 is 1.65 bits per heavy atom. The third-order valence-electron chi connectivity index (χ3n) is 4.41. The normalized spacial score (nSPS) is 11.7. The number of hydrogen-bond acceptors (Lipinski definition) is 2. The molecule has 2 amide bonds. The smallest absolute Gasteiger partial charge is 0.242 e. The molecule has 4 nitrogen and oxygen atoms in total. The summed E-state index contributed by atoms with van der Waals surface area (Å²) in [5.41, 5.74) is 3.26. The van der Waals surface area contributed by atoms with E-state index < -0.39 is 6.04 Å². The van der Waals surface area contributed by atoms with Gasteiger partial charge in [0.2, 0.25) is 11.8 Å². The standard InChI is InChI=1S/C22H28N2O2/c1-4-8-21(25)24(16-20-9-6-5-7-10-20)18(3)22(26)23-15-19-13-11-17(2)12-14-19/h5-7,9-14,18H,4,8,15-16H2,1-3H3,(H,23,26)/t18-/m0/s1. The lowest BCUT2D eigenvalue weighted by Gasteiger charge is -2.28. The van der Waals surface area contributed by atoms with Crippen molar-refractivity contribution in [3.8, 4) is 0 Å². The highest BCUT2D eigenvalue weighted by Gasteiger charge is 2.25. The van der Waals surface area contributed by atoms with Gasteiger partial charge >= 0.3 is 0 Å². The number of hydrogen-bond donors (Lipinski definition) is 1. The molecule has 0 aliphatic rings. The van der Waals surface area contributed by atoms with E-state index >= 15 is 0 Å². The Kier molecular flexibility index (Phi) is 7.39. The van der Waals surface area contributed by atoms with E-state index in [4.69, 9.17) is 0 Å². The number of carbonyl (C=O) groups excluding carboxylic acids is 2. The second-order valence-electron chi connectivity index (χ2n) is 6.64. The number of carbonyl (C=O) groups is 2. The summed E-state index contributed by atoms with van der Waals surface area (Å²) in [5.74, 6) is -0.125. The van der Waals surface area contributed by atoms with Gasteiger partial charge < -0.3 is 10.2 Å². The van der Waals surface area contributed by atoms with Crippen LogP contribution in [0.15, 0.2) is 54.6 Å². The van der Waals surface area contributed by atoms with Crippen molar-refractivity contribution in [2.45, 2.75) is 52.7 Å². The maximum absolute atomic E-state index is 12.6. The van der Waals surface area contributed by atoms with Gasteiger partial charge in [-0.1, -0.05) is 67.1 Å². The number of aryl methyl sites for hydroxylation is 1. The van der Waals surface area contributed by atoms with E-state index in [1.54, 1.807) is 11.8 Å². The second-order valence-corrected chi connectivity index (χ2v) is 6.64. The molecule has 138 valence electrons. The first-order valence-corrected chi connectivity index (χ1v) is 9.18. The number of rotatable bonds is 8. The van der Waals surface area contributed by atoms with E-state index in [1.807, 2.05) is 68.4 Å². The van der Waals surface area contributed by atoms with Crippen LogP contribution in [-0.2, 0) is 22.7 Å². The number of nitrogens with one attached hydrogen (secondary N) is 1. The number of amides is 2. The van der Waals surface area contributed by atoms with Crippen LogP contribution in [-0.4, -0.2) is 22.8 Å². The van der Waals surface area contributed by atoms with Gasteiger partial charge in [0.25, 0.3) is 0 Å². The van der Waals surface area contributed by atoms with Crippen LogP contribution < -0.4 is 5.32 Å². The molecule has 0 aliphatic heterocycles. The minimum absolute atomic E-state index is 0.00865. The zero-order valence-corrected chi connectivity index (χ0v) is 15.9. The molecule has 4 heteroatoms. The van der Waals surface area contributed by atoms with Gasteiger partial charge in [-0.05, 0) is 31.4 Å². The molecule has 2 aromatic carbocycles. The van der Waals surface area contributed by atoms with Gasteiger partial charge in [0, 0.05) is 19.5 Å². The molecule has 0 radical (unpaired) electrons. The van der Waals surface area contributed by atoms with Gasteiger partial charge in [0.1, 0.15) is 6.04 Å². The molecule has 1 atom stereocenters. The van der Waals surface area contributed by atoms with Crippen molar-refractivity contribution >= 4 is 11.8 Å². The molecule has 0 unspecified atom stereocenters. The second kappa shape index (κ2) is 9.76. The van der Waals surface area contributed by atoms with E-state index in [2.05, 4.69) is 5.32 Å². The fourth-order valence-corrected chi connectivity index (χ4v) is 2.76. The third-order valence-corrected chi connectivity index (χ3v) is 4.41. The Morgan fingerprint density at radius 1 is 1.00 bits per heavy atom. The summed E-state index contributed by atoms with van der Waals surface area (Å²) < 4.78 is 0. The summed E-state index contributed by atoms with van der Waals surface area (Å²) in [6.07, 6.45) is 1.21. The molecule has 0 aromatic heterocycles. The zero-order valence-electron chi connectivity index (χ0n) is 15.9. The van der Waals surface area contributed by atoms with Crippen LogP contribution in [0, 0.1) is 6.92 Å². The lowest BCUT2D eigenvalue weighted by atomic mass is 10.1. The van der Waals surface area contributed by atoms with E-state index in [1.165, 1.54) is 5.56 Å². The van der Waals surface area contributed by atoms with E-state index in [0.717, 1.165) is 17.5 Å². The summed E-state index contributed by atoms with van der Waals surface area (Å²) in [6.45, 7) is 6.70. The van der Waals surface area contributed by atoms with Crippen LogP contribution in [0.3, 0.4) is 0 Å². The third kappa shape index (κ3) is 5.73. The molecule has 0 aliphatic carbocycles. The van der Waals surface area contributed by atoms with E-state index in [-0.39, 0.29) is 11.8 Å². The molecule has 0 spiro atoms. The average Bonchev–Trinajstić information content (AvgIpc) is 2.66. The van der Waals surface area contributed by atoms with Crippen molar-refractivity contribution in [1.82, 2.24) is 10.2 Å². The molecule has 2 aromatic rings. The van der Waals surface area contributed by atoms with Gasteiger partial charge in [-0.15, -0.1) is 0 Å². The summed E-state index contributed by atoms with van der Waals surface area (Å²) in [4.78, 5) is 26.8. The lowest BCUT2D eigenvalue weighted by molar-refractivity contribution is -0.140. The maximum atomic E-state index is 12.6. The SMILES string of the molecule is CCCC(=O)N(Cc1ccccc1)[C@@H](C)C(=O)NCc1ccc(C)cc1. The van der Waals surface area contributed by atoms with Crippen LogP contribution in [0.2, 0.25) is 0 Å². The van der Waals surface area contributed by atoms with Crippen LogP contribution >= 0.6 is 0 Å². The molecule has 0 heterocycles. The first kappa shape index (κ1) is 19.7. The maximum Gasteiger partial charge on any atom is 0.242 e. The van der Waals surface area contributed by atoms with Gasteiger partial charge in [0.05, 0.1) is 0 Å². The molecule has 2 rings (SSSR count). The van der Waals surface area contributed by atoms with Crippen molar-refractivity contribution in [1.29, 1.82) is 0 Å². The first-order chi connectivity index (χ1) is 12.5. The van der Waals surface area contributed by atoms with Crippen LogP contribution in [0.25, 0.3) is 0 Å². The van der Waals surface area contributed by atoms with Crippen molar-refractivity contribution in [2.24, 2.45) is 0 Å². The summed E-state index contributed by atoms with van der Waals surface area (Å²) in [5, 5.41) is 2.95. The minimum Gasteiger partial charge on any atom is -0.350 e. The first-order valence-electron chi connectivity index (χ1n) is 9.18. The average molecular weight is 352 g/mol. The van der Waals surface area contributed by atoms with Gasteiger partial charge in [0.15, 0.2) is 0 Å². The van der Waals surface area contributed by atoms with Crippen molar-refractivity contribution in [2.75, 3.05) is 0 Å². The minimum atomic E-state index is -0.514. The molecular formula is C22H28N2O2. The summed E-state index contributed by atoms with van der Waals surface area (Å²) in [6, 6.07) is 17.3. The van der Waals surface area contributed by atoms with Crippen molar-refractivity contribution in [3.05, 3.63) is 71.3 Å². The molecule has 26 heavy (non-hydrogen) atoms. The Balaban J connectivity index is 2.03. The number of benzene rings is 2. The Morgan fingerprint density at radius 3 is 2.27 bits per heavy atom. The molecule has 0 fully saturated rings. The van der Waals surface area contributed by atoms with E-state index in [0.29, 0.717) is 19.5 Å². The van der Waals surface area contributed by atoms with Gasteiger partial charge in [-0.2, -0.15) is 0 Å². The quantitative estimate of drug-likeness (QED) is 0.785. The van der Waals surface area contributed by atoms with Gasteiger partial charge in [-0.25, -0.2) is 0 Å². The monoisotopic (exact) mass is 352 g/mol. The fourth-order valence-electron chi connectivity index (χ4n) is 2.76. The van der Waals surface area contributed by atoms with Gasteiger partial charge in [-0.3, -0.25) is 9.59 Å².